The van der Waals surface area contributed by atoms with Crippen LogP contribution in [0.3, 0.4) is 0 Å². The molecule has 1 aliphatic carbocycles. The van der Waals surface area contributed by atoms with Crippen molar-refractivity contribution in [2.24, 2.45) is 0 Å². The molecule has 55 heavy (non-hydrogen) atoms. The van der Waals surface area contributed by atoms with Crippen molar-refractivity contribution in [1.82, 2.24) is 20.5 Å². The van der Waals surface area contributed by atoms with Gasteiger partial charge in [0.05, 0.1) is 17.8 Å². The molecule has 288 valence electrons. The average Bonchev–Trinajstić information content (AvgIpc) is 3.31. The Morgan fingerprint density at radius 3 is 2.24 bits per heavy atom. The minimum absolute atomic E-state index is 0.00391. The van der Waals surface area contributed by atoms with Crippen LogP contribution >= 0.6 is 11.6 Å². The third-order valence-corrected chi connectivity index (χ3v) is 10.3. The van der Waals surface area contributed by atoms with Crippen molar-refractivity contribution in [3.63, 3.8) is 0 Å². The van der Waals surface area contributed by atoms with Gasteiger partial charge in [0.1, 0.15) is 11.6 Å². The number of hydrogen-bond acceptors (Lipinski definition) is 7. The van der Waals surface area contributed by atoms with Crippen molar-refractivity contribution >= 4 is 35.1 Å². The van der Waals surface area contributed by atoms with Gasteiger partial charge in [-0.05, 0) is 111 Å². The van der Waals surface area contributed by atoms with Crippen LogP contribution in [0.15, 0.2) is 96.7 Å². The Morgan fingerprint density at radius 1 is 0.855 bits per heavy atom. The molecule has 2 heterocycles. The summed E-state index contributed by atoms with van der Waals surface area (Å²) in [6.45, 7) is 7.00. The molecule has 1 fully saturated rings. The molecular formula is C44H49ClN4O6. The number of ether oxygens (including phenoxy) is 1. The van der Waals surface area contributed by atoms with Crippen molar-refractivity contribution in [2.45, 2.75) is 83.1 Å². The zero-order valence-corrected chi connectivity index (χ0v) is 32.3. The van der Waals surface area contributed by atoms with Crippen LogP contribution in [0.5, 0.6) is 0 Å². The highest BCUT2D eigenvalue weighted by Crippen LogP contribution is 2.38. The van der Waals surface area contributed by atoms with Crippen LogP contribution in [0.1, 0.15) is 77.5 Å². The number of likely N-dealkylation sites (tertiary alicyclic amines) is 1. The number of aliphatic carboxylic acids is 1. The van der Waals surface area contributed by atoms with Crippen LogP contribution in [-0.2, 0) is 35.2 Å². The number of pyridine rings is 1. The molecule has 10 nitrogen and oxygen atoms in total. The van der Waals surface area contributed by atoms with Crippen LogP contribution in [0.25, 0.3) is 5.57 Å². The first-order valence-electron chi connectivity index (χ1n) is 18.8. The number of carboxylic acids is 1. The van der Waals surface area contributed by atoms with Crippen LogP contribution in [0.2, 0.25) is 5.02 Å². The molecule has 1 aromatic heterocycles. The molecule has 3 unspecified atom stereocenters. The number of alkyl carbamates (subject to hydrolysis) is 1. The number of aliphatic hydroxyl groups is 1. The second-order valence-corrected chi connectivity index (χ2v) is 15.8. The minimum atomic E-state index is -1.21. The van der Waals surface area contributed by atoms with Crippen molar-refractivity contribution in [1.29, 1.82) is 0 Å². The summed E-state index contributed by atoms with van der Waals surface area (Å²) >= 11 is 6.42. The third kappa shape index (κ3) is 10.6. The number of hydrogen-bond donors (Lipinski definition) is 4. The summed E-state index contributed by atoms with van der Waals surface area (Å²) in [6, 6.07) is 24.9. The number of nitrogens with one attached hydrogen (secondary N) is 2. The predicted octanol–water partition coefficient (Wildman–Crippen LogP) is 6.65. The lowest BCUT2D eigenvalue weighted by Crippen LogP contribution is -2.50. The topological polar surface area (TPSA) is 141 Å². The standard InChI is InChI=1S/C44H49ClN4O6/c1-44(2,3)55-43(54)48-37(42(52)53)25-29-11-13-32(14-12-29)41(51)47-36(24-28-8-5-4-6-9-28)38(50)27-49-22-19-30(20-23-49)39-35-18-17-34(45)26-33(35)16-15-31-10-7-21-46-40(31)39/h4-14,17-18,21,26,36-38,50H,15-16,19-20,22-25,27H2,1-3H3,(H,47,51)(H,48,54)(H,52,53). The van der Waals surface area contributed by atoms with Gasteiger partial charge in [0.2, 0.25) is 0 Å². The number of carbonyl (C=O) groups is 3. The van der Waals surface area contributed by atoms with E-state index in [9.17, 15) is 24.6 Å². The van der Waals surface area contributed by atoms with Crippen LogP contribution in [-0.4, -0.2) is 81.5 Å². The molecule has 2 aliphatic rings. The summed E-state index contributed by atoms with van der Waals surface area (Å²) in [5.74, 6) is -1.55. The number of halogens is 1. The fourth-order valence-electron chi connectivity index (χ4n) is 7.36. The van der Waals surface area contributed by atoms with Gasteiger partial charge in [-0.15, -0.1) is 0 Å². The number of benzene rings is 3. The lowest BCUT2D eigenvalue weighted by atomic mass is 9.88. The van der Waals surface area contributed by atoms with Gasteiger partial charge in [-0.25, -0.2) is 9.59 Å². The molecule has 2 amide bonds. The molecule has 0 saturated carbocycles. The molecule has 1 aliphatic heterocycles. The Labute approximate surface area is 327 Å². The van der Waals surface area contributed by atoms with E-state index in [4.69, 9.17) is 21.3 Å². The van der Waals surface area contributed by atoms with E-state index >= 15 is 0 Å². The van der Waals surface area contributed by atoms with Gasteiger partial charge in [0.15, 0.2) is 0 Å². The molecule has 0 spiro atoms. The lowest BCUT2D eigenvalue weighted by Gasteiger charge is -2.34. The number of nitrogens with zero attached hydrogens (tertiary/aromatic N) is 2. The second-order valence-electron chi connectivity index (χ2n) is 15.4. The summed E-state index contributed by atoms with van der Waals surface area (Å²) in [7, 11) is 0. The molecule has 0 radical (unpaired) electrons. The number of aliphatic hydroxyl groups excluding tert-OH is 1. The fourth-order valence-corrected chi connectivity index (χ4v) is 7.56. The van der Waals surface area contributed by atoms with Gasteiger partial charge in [-0.3, -0.25) is 9.78 Å². The maximum absolute atomic E-state index is 13.6. The molecule has 6 rings (SSSR count). The first-order valence-corrected chi connectivity index (χ1v) is 19.2. The van der Waals surface area contributed by atoms with Gasteiger partial charge < -0.3 is 30.5 Å². The summed E-state index contributed by atoms with van der Waals surface area (Å²) in [4.78, 5) is 44.8. The number of β-amino-alcohol motifs (C(OH)–C–C–N with tert-alkyl or cyclic N) is 1. The highest BCUT2D eigenvalue weighted by atomic mass is 35.5. The SMILES string of the molecule is CC(C)(C)OC(=O)NC(Cc1ccc(C(=O)NC(Cc2ccccc2)C(O)CN2CCC(=C3c4ccc(Cl)cc4CCc4cccnc43)CC2)cc1)C(=O)O. The summed E-state index contributed by atoms with van der Waals surface area (Å²) in [5.41, 5.74) is 8.48. The first-order chi connectivity index (χ1) is 26.3. The first kappa shape index (κ1) is 39.7. The van der Waals surface area contributed by atoms with Crippen LogP contribution < -0.4 is 10.6 Å². The number of piperidine rings is 1. The van der Waals surface area contributed by atoms with E-state index in [2.05, 4.69) is 33.7 Å². The van der Waals surface area contributed by atoms with E-state index < -0.39 is 35.9 Å². The Bertz CT molecular complexity index is 2020. The number of carboxylic acid groups (broad SMARTS) is 1. The van der Waals surface area contributed by atoms with Gasteiger partial charge in [-0.2, -0.15) is 0 Å². The number of aryl methyl sites for hydroxylation is 2. The van der Waals surface area contributed by atoms with E-state index in [1.54, 1.807) is 45.0 Å². The highest BCUT2D eigenvalue weighted by molar-refractivity contribution is 6.30. The average molecular weight is 765 g/mol. The van der Waals surface area contributed by atoms with Crippen molar-refractivity contribution in [3.05, 3.63) is 141 Å². The van der Waals surface area contributed by atoms with Crippen LogP contribution in [0, 0.1) is 0 Å². The van der Waals surface area contributed by atoms with E-state index in [1.807, 2.05) is 48.7 Å². The Hall–Kier alpha value is -5.03. The van der Waals surface area contributed by atoms with E-state index in [-0.39, 0.29) is 12.3 Å². The second kappa shape index (κ2) is 17.6. The largest absolute Gasteiger partial charge is 0.480 e. The maximum atomic E-state index is 13.6. The molecule has 3 aromatic carbocycles. The zero-order valence-electron chi connectivity index (χ0n) is 31.6. The number of amides is 2. The minimum Gasteiger partial charge on any atom is -0.480 e. The van der Waals surface area contributed by atoms with Gasteiger partial charge in [0.25, 0.3) is 5.91 Å². The predicted molar refractivity (Wildman–Crippen MR) is 213 cm³/mol. The number of carbonyl (C=O) groups excluding carboxylic acids is 2. The van der Waals surface area contributed by atoms with Crippen molar-refractivity contribution in [2.75, 3.05) is 19.6 Å². The normalized spacial score (nSPS) is 16.2. The smallest absolute Gasteiger partial charge is 0.408 e. The molecule has 4 N–H and O–H groups in total. The van der Waals surface area contributed by atoms with E-state index in [0.717, 1.165) is 55.1 Å². The zero-order chi connectivity index (χ0) is 39.1. The molecule has 3 atom stereocenters. The number of aromatic nitrogens is 1. The molecular weight excluding hydrogens is 716 g/mol. The number of rotatable bonds is 11. The Morgan fingerprint density at radius 2 is 1.55 bits per heavy atom. The summed E-state index contributed by atoms with van der Waals surface area (Å²) < 4.78 is 5.22. The summed E-state index contributed by atoms with van der Waals surface area (Å²) in [6.07, 6.45) is 4.11. The third-order valence-electron chi connectivity index (χ3n) is 10.1. The van der Waals surface area contributed by atoms with E-state index in [1.165, 1.54) is 27.8 Å². The molecule has 4 aromatic rings. The number of fused-ring (bicyclic) bond motifs is 2. The van der Waals surface area contributed by atoms with Crippen molar-refractivity contribution < 1.29 is 29.3 Å². The van der Waals surface area contributed by atoms with E-state index in [0.29, 0.717) is 24.1 Å². The van der Waals surface area contributed by atoms with Crippen molar-refractivity contribution in [3.8, 4) is 0 Å². The maximum Gasteiger partial charge on any atom is 0.408 e. The van der Waals surface area contributed by atoms with Gasteiger partial charge >= 0.3 is 12.1 Å². The van der Waals surface area contributed by atoms with Crippen LogP contribution in [0.4, 0.5) is 4.79 Å². The Kier molecular flexibility index (Phi) is 12.7. The quantitative estimate of drug-likeness (QED) is 0.133. The fraction of sp³-hybridized carbons (Fsp3) is 0.364. The molecule has 1 saturated heterocycles. The highest BCUT2D eigenvalue weighted by Gasteiger charge is 2.29. The van der Waals surface area contributed by atoms with Gasteiger partial charge in [-0.1, -0.05) is 71.8 Å². The van der Waals surface area contributed by atoms with Gasteiger partial charge in [0, 0.05) is 48.4 Å². The Balaban J connectivity index is 1.13. The summed E-state index contributed by atoms with van der Waals surface area (Å²) in [5, 5.41) is 27.6. The monoisotopic (exact) mass is 764 g/mol. The molecule has 11 heteroatoms. The lowest BCUT2D eigenvalue weighted by molar-refractivity contribution is -0.139. The molecule has 0 bridgehead atoms.